The number of hydrogen-bond donors (Lipinski definition) is 0. The molecule has 0 N–H and O–H groups in total. The number of carbonyl (C=O) groups excluding carboxylic acids is 1. The molecular formula is C26H27N3OS. The van der Waals surface area contributed by atoms with Crippen molar-refractivity contribution in [3.05, 3.63) is 92.1 Å². The van der Waals surface area contributed by atoms with Crippen molar-refractivity contribution >= 4 is 17.1 Å². The lowest BCUT2D eigenvalue weighted by molar-refractivity contribution is 0.104. The second-order valence-electron chi connectivity index (χ2n) is 8.18. The smallest absolute Gasteiger partial charge is 0.205 e. The van der Waals surface area contributed by atoms with Gasteiger partial charge in [0, 0.05) is 30.3 Å². The van der Waals surface area contributed by atoms with Gasteiger partial charge in [-0.25, -0.2) is 4.98 Å². The lowest BCUT2D eigenvalue weighted by atomic mass is 9.99. The molecule has 0 unspecified atom stereocenters. The topological polar surface area (TPSA) is 47.8 Å². The standard InChI is InChI=1S/C26H27N3OS/c1-16-6-8-21(14-18(16)3)24-26(25(30)22-9-7-17(2)19(4)15-22)31-23(27-24)11-13-29-12-10-20(5)28-29/h6-10,12,14-15H,11,13H2,1-5H3. The largest absolute Gasteiger partial charge is 0.288 e. The van der Waals surface area contributed by atoms with Crippen LogP contribution in [0.3, 0.4) is 0 Å². The van der Waals surface area contributed by atoms with Gasteiger partial charge in [-0.2, -0.15) is 5.10 Å². The molecule has 158 valence electrons. The van der Waals surface area contributed by atoms with Crippen LogP contribution in [0.25, 0.3) is 11.3 Å². The SMILES string of the molecule is Cc1ccn(CCc2nc(-c3ccc(C)c(C)c3)c(C(=O)c3ccc(C)c(C)c3)s2)n1. The van der Waals surface area contributed by atoms with Gasteiger partial charge in [0.25, 0.3) is 0 Å². The average molecular weight is 430 g/mol. The molecule has 0 saturated heterocycles. The van der Waals surface area contributed by atoms with Gasteiger partial charge >= 0.3 is 0 Å². The summed E-state index contributed by atoms with van der Waals surface area (Å²) < 4.78 is 1.93. The first-order valence-corrected chi connectivity index (χ1v) is 11.3. The Labute approximate surface area is 187 Å². The number of hydrogen-bond acceptors (Lipinski definition) is 4. The summed E-state index contributed by atoms with van der Waals surface area (Å²) in [7, 11) is 0. The summed E-state index contributed by atoms with van der Waals surface area (Å²) in [5, 5.41) is 5.41. The van der Waals surface area contributed by atoms with E-state index in [0.717, 1.165) is 40.5 Å². The molecule has 0 atom stereocenters. The van der Waals surface area contributed by atoms with Crippen molar-refractivity contribution in [1.82, 2.24) is 14.8 Å². The molecular weight excluding hydrogens is 402 g/mol. The Hall–Kier alpha value is -3.05. The van der Waals surface area contributed by atoms with Crippen LogP contribution in [-0.2, 0) is 13.0 Å². The Morgan fingerprint density at radius 3 is 2.26 bits per heavy atom. The van der Waals surface area contributed by atoms with Gasteiger partial charge in [-0.3, -0.25) is 9.48 Å². The highest BCUT2D eigenvalue weighted by atomic mass is 32.1. The lowest BCUT2D eigenvalue weighted by Crippen LogP contribution is -2.02. The third-order valence-electron chi connectivity index (χ3n) is 5.76. The quantitative estimate of drug-likeness (QED) is 0.352. The van der Waals surface area contributed by atoms with Crippen LogP contribution in [0.4, 0.5) is 0 Å². The predicted molar refractivity (Wildman–Crippen MR) is 127 cm³/mol. The minimum Gasteiger partial charge on any atom is -0.288 e. The Bertz CT molecular complexity index is 1270. The van der Waals surface area contributed by atoms with Gasteiger partial charge in [-0.15, -0.1) is 11.3 Å². The van der Waals surface area contributed by atoms with Crippen molar-refractivity contribution < 1.29 is 4.79 Å². The van der Waals surface area contributed by atoms with E-state index in [-0.39, 0.29) is 5.78 Å². The maximum absolute atomic E-state index is 13.5. The zero-order chi connectivity index (χ0) is 22.1. The molecule has 0 fully saturated rings. The van der Waals surface area contributed by atoms with Crippen LogP contribution in [0.1, 0.15) is 48.2 Å². The second-order valence-corrected chi connectivity index (χ2v) is 9.27. The van der Waals surface area contributed by atoms with E-state index < -0.39 is 0 Å². The van der Waals surface area contributed by atoms with Gasteiger partial charge in [-0.05, 0) is 75.1 Å². The van der Waals surface area contributed by atoms with E-state index >= 15 is 0 Å². The Morgan fingerprint density at radius 1 is 0.903 bits per heavy atom. The Morgan fingerprint density at radius 2 is 1.61 bits per heavy atom. The first kappa shape index (κ1) is 21.2. The number of rotatable bonds is 6. The molecule has 31 heavy (non-hydrogen) atoms. The highest BCUT2D eigenvalue weighted by Crippen LogP contribution is 2.32. The van der Waals surface area contributed by atoms with Crippen molar-refractivity contribution in [1.29, 1.82) is 0 Å². The number of benzene rings is 2. The van der Waals surface area contributed by atoms with E-state index in [1.54, 1.807) is 0 Å². The zero-order valence-corrected chi connectivity index (χ0v) is 19.5. The first-order chi connectivity index (χ1) is 14.8. The molecule has 0 aliphatic rings. The van der Waals surface area contributed by atoms with Gasteiger partial charge < -0.3 is 0 Å². The van der Waals surface area contributed by atoms with E-state index in [9.17, 15) is 4.79 Å². The summed E-state index contributed by atoms with van der Waals surface area (Å²) in [5.41, 5.74) is 8.23. The molecule has 0 bridgehead atoms. The van der Waals surface area contributed by atoms with Crippen LogP contribution in [0.2, 0.25) is 0 Å². The van der Waals surface area contributed by atoms with Crippen molar-refractivity contribution in [2.75, 3.05) is 0 Å². The van der Waals surface area contributed by atoms with E-state index in [0.29, 0.717) is 10.4 Å². The molecule has 0 aliphatic carbocycles. The molecule has 0 amide bonds. The second kappa shape index (κ2) is 8.60. The number of carbonyl (C=O) groups is 1. The number of aryl methyl sites for hydroxylation is 7. The molecule has 2 aromatic carbocycles. The summed E-state index contributed by atoms with van der Waals surface area (Å²) in [6.45, 7) is 11.0. The molecule has 4 aromatic rings. The predicted octanol–water partition coefficient (Wildman–Crippen LogP) is 6.02. The number of ketones is 1. The zero-order valence-electron chi connectivity index (χ0n) is 18.7. The summed E-state index contributed by atoms with van der Waals surface area (Å²) >= 11 is 1.50. The van der Waals surface area contributed by atoms with Crippen LogP contribution >= 0.6 is 11.3 Å². The number of thiazole rings is 1. The summed E-state index contributed by atoms with van der Waals surface area (Å²) in [6.07, 6.45) is 2.72. The fraction of sp³-hybridized carbons (Fsp3) is 0.269. The Kier molecular flexibility index (Phi) is 5.88. The third-order valence-corrected chi connectivity index (χ3v) is 6.87. The maximum atomic E-state index is 13.5. The van der Waals surface area contributed by atoms with E-state index in [1.165, 1.54) is 28.0 Å². The number of aromatic nitrogens is 3. The summed E-state index contributed by atoms with van der Waals surface area (Å²) in [4.78, 5) is 19.1. The molecule has 4 rings (SSSR count). The van der Waals surface area contributed by atoms with Crippen molar-refractivity contribution in [2.45, 2.75) is 47.6 Å². The molecule has 4 nitrogen and oxygen atoms in total. The molecule has 5 heteroatoms. The molecule has 0 spiro atoms. The van der Waals surface area contributed by atoms with E-state index in [2.05, 4.69) is 44.1 Å². The molecule has 0 aliphatic heterocycles. The van der Waals surface area contributed by atoms with Crippen LogP contribution in [-0.4, -0.2) is 20.5 Å². The fourth-order valence-electron chi connectivity index (χ4n) is 3.52. The average Bonchev–Trinajstić information content (AvgIpc) is 3.36. The Balaban J connectivity index is 1.73. The van der Waals surface area contributed by atoms with Crippen LogP contribution in [0.15, 0.2) is 48.7 Å². The van der Waals surface area contributed by atoms with Gasteiger partial charge in [0.05, 0.1) is 16.4 Å². The molecule has 0 radical (unpaired) electrons. The van der Waals surface area contributed by atoms with Crippen molar-refractivity contribution in [2.24, 2.45) is 0 Å². The fourth-order valence-corrected chi connectivity index (χ4v) is 4.56. The van der Waals surface area contributed by atoms with E-state index in [4.69, 9.17) is 4.98 Å². The normalized spacial score (nSPS) is 11.1. The lowest BCUT2D eigenvalue weighted by Gasteiger charge is -2.07. The highest BCUT2D eigenvalue weighted by Gasteiger charge is 2.21. The van der Waals surface area contributed by atoms with Gasteiger partial charge in [0.1, 0.15) is 4.88 Å². The molecule has 0 saturated carbocycles. The van der Waals surface area contributed by atoms with E-state index in [1.807, 2.05) is 49.0 Å². The van der Waals surface area contributed by atoms with Gasteiger partial charge in [0.15, 0.2) is 0 Å². The monoisotopic (exact) mass is 429 g/mol. The molecule has 2 heterocycles. The van der Waals surface area contributed by atoms with Crippen molar-refractivity contribution in [3.63, 3.8) is 0 Å². The number of nitrogens with zero attached hydrogens (tertiary/aromatic N) is 3. The minimum atomic E-state index is 0.0370. The highest BCUT2D eigenvalue weighted by molar-refractivity contribution is 7.14. The third kappa shape index (κ3) is 4.52. The van der Waals surface area contributed by atoms with Gasteiger partial charge in [0.2, 0.25) is 5.78 Å². The van der Waals surface area contributed by atoms with Gasteiger partial charge in [-0.1, -0.05) is 24.3 Å². The molecule has 2 aromatic heterocycles. The van der Waals surface area contributed by atoms with Crippen molar-refractivity contribution in [3.8, 4) is 11.3 Å². The first-order valence-electron chi connectivity index (χ1n) is 10.5. The summed E-state index contributed by atoms with van der Waals surface area (Å²) in [5.74, 6) is 0.0370. The maximum Gasteiger partial charge on any atom is 0.205 e. The van der Waals surface area contributed by atoms with Crippen LogP contribution in [0.5, 0.6) is 0 Å². The van der Waals surface area contributed by atoms with Crippen LogP contribution in [0, 0.1) is 34.6 Å². The van der Waals surface area contributed by atoms with Crippen LogP contribution < -0.4 is 0 Å². The summed E-state index contributed by atoms with van der Waals surface area (Å²) in [6, 6.07) is 14.2. The minimum absolute atomic E-state index is 0.0370.